The van der Waals surface area contributed by atoms with Crippen LogP contribution in [0.1, 0.15) is 31.1 Å². The van der Waals surface area contributed by atoms with Gasteiger partial charge in [-0.25, -0.2) is 5.01 Å². The summed E-state index contributed by atoms with van der Waals surface area (Å²) >= 11 is 0. The van der Waals surface area contributed by atoms with Gasteiger partial charge in [0.25, 0.3) is 5.91 Å². The third-order valence-electron chi connectivity index (χ3n) is 3.05. The number of aliphatic hydroxyl groups excluding tert-OH is 1. The maximum absolute atomic E-state index is 12.6. The molecule has 0 spiro atoms. The summed E-state index contributed by atoms with van der Waals surface area (Å²) in [5, 5.41) is 11.6. The normalized spacial score (nSPS) is 13.4. The molecule has 4 heteroatoms. The van der Waals surface area contributed by atoms with E-state index in [4.69, 9.17) is 0 Å². The molecule has 21 heavy (non-hydrogen) atoms. The Labute approximate surface area is 125 Å². The van der Waals surface area contributed by atoms with Crippen LogP contribution in [0.25, 0.3) is 0 Å². The first kappa shape index (κ1) is 14.9. The van der Waals surface area contributed by atoms with Crippen LogP contribution in [0.4, 0.5) is 0 Å². The molecule has 0 radical (unpaired) electrons. The predicted molar refractivity (Wildman–Crippen MR) is 83.4 cm³/mol. The summed E-state index contributed by atoms with van der Waals surface area (Å²) in [7, 11) is 0. The molecule has 0 fully saturated rings. The highest BCUT2D eigenvalue weighted by atomic mass is 16.3. The maximum atomic E-state index is 12.6. The van der Waals surface area contributed by atoms with Gasteiger partial charge in [0.2, 0.25) is 5.88 Å². The number of nitrogens with one attached hydrogen (secondary N) is 1. The number of rotatable bonds is 3. The summed E-state index contributed by atoms with van der Waals surface area (Å²) in [6.07, 6.45) is 7.20. The van der Waals surface area contributed by atoms with Crippen molar-refractivity contribution in [2.24, 2.45) is 0 Å². The highest BCUT2D eigenvalue weighted by molar-refractivity contribution is 5.94. The van der Waals surface area contributed by atoms with Gasteiger partial charge < -0.3 is 5.11 Å². The minimum Gasteiger partial charge on any atom is -0.493 e. The Bertz CT molecular complexity index is 593. The number of nitrogens with zero attached hydrogens (tertiary/aromatic N) is 1. The molecule has 0 saturated carbocycles. The van der Waals surface area contributed by atoms with Crippen LogP contribution in [0, 0.1) is 0 Å². The Morgan fingerprint density at radius 2 is 1.67 bits per heavy atom. The predicted octanol–water partition coefficient (Wildman–Crippen LogP) is 3.33. The lowest BCUT2D eigenvalue weighted by Crippen LogP contribution is -2.53. The molecule has 1 aromatic carbocycles. The average Bonchev–Trinajstić information content (AvgIpc) is 2.98. The molecule has 1 aliphatic rings. The van der Waals surface area contributed by atoms with E-state index in [2.05, 4.69) is 5.43 Å². The van der Waals surface area contributed by atoms with Gasteiger partial charge >= 0.3 is 0 Å². The quantitative estimate of drug-likeness (QED) is 0.661. The summed E-state index contributed by atoms with van der Waals surface area (Å²) in [6, 6.07) is 8.99. The van der Waals surface area contributed by atoms with Gasteiger partial charge in [-0.15, -0.1) is 0 Å². The maximum Gasteiger partial charge on any atom is 0.272 e. The van der Waals surface area contributed by atoms with E-state index in [1.54, 1.807) is 24.3 Å². The van der Waals surface area contributed by atoms with Crippen molar-refractivity contribution in [3.8, 4) is 0 Å². The number of hydrazine groups is 1. The minimum absolute atomic E-state index is 0.0424. The fraction of sp³-hybridized carbons (Fsp3) is 0.235. The van der Waals surface area contributed by atoms with Crippen LogP contribution in [0.15, 0.2) is 66.1 Å². The number of carbonyl (C=O) groups excluding carboxylic acids is 1. The molecule has 4 nitrogen and oxygen atoms in total. The molecule has 0 unspecified atom stereocenters. The van der Waals surface area contributed by atoms with Crippen LogP contribution in [-0.4, -0.2) is 21.6 Å². The second kappa shape index (κ2) is 5.87. The van der Waals surface area contributed by atoms with Crippen molar-refractivity contribution < 1.29 is 9.90 Å². The summed E-state index contributed by atoms with van der Waals surface area (Å²) in [6.45, 7) is 5.71. The van der Waals surface area contributed by atoms with E-state index < -0.39 is 5.54 Å². The smallest absolute Gasteiger partial charge is 0.272 e. The van der Waals surface area contributed by atoms with Gasteiger partial charge in [-0.05, 0) is 45.1 Å². The monoisotopic (exact) mass is 284 g/mol. The van der Waals surface area contributed by atoms with Gasteiger partial charge in [0.15, 0.2) is 0 Å². The summed E-state index contributed by atoms with van der Waals surface area (Å²) < 4.78 is 0. The zero-order chi connectivity index (χ0) is 15.5. The van der Waals surface area contributed by atoms with E-state index in [9.17, 15) is 9.90 Å². The molecule has 0 atom stereocenters. The van der Waals surface area contributed by atoms with Crippen molar-refractivity contribution in [2.75, 3.05) is 0 Å². The molecule has 2 N–H and O–H groups in total. The molecule has 0 aliphatic heterocycles. The highest BCUT2D eigenvalue weighted by Gasteiger charge is 2.28. The molecule has 1 amide bonds. The van der Waals surface area contributed by atoms with E-state index >= 15 is 0 Å². The summed E-state index contributed by atoms with van der Waals surface area (Å²) in [5.41, 5.74) is 3.53. The lowest BCUT2D eigenvalue weighted by atomic mass is 10.1. The zero-order valence-corrected chi connectivity index (χ0v) is 12.5. The zero-order valence-electron chi connectivity index (χ0n) is 12.5. The lowest BCUT2D eigenvalue weighted by Gasteiger charge is -2.36. The number of hydrogen-bond donors (Lipinski definition) is 2. The molecule has 0 aromatic heterocycles. The van der Waals surface area contributed by atoms with Crippen LogP contribution in [0.2, 0.25) is 0 Å². The van der Waals surface area contributed by atoms with Crippen LogP contribution in [0.3, 0.4) is 0 Å². The summed E-state index contributed by atoms with van der Waals surface area (Å²) in [4.78, 5) is 12.6. The molecular weight excluding hydrogens is 264 g/mol. The number of hydrogen-bond acceptors (Lipinski definition) is 3. The van der Waals surface area contributed by atoms with Gasteiger partial charge in [-0.3, -0.25) is 10.2 Å². The molecule has 110 valence electrons. The lowest BCUT2D eigenvalue weighted by molar-refractivity contribution is 0.0376. The van der Waals surface area contributed by atoms with Gasteiger partial charge in [0.1, 0.15) is 0 Å². The highest BCUT2D eigenvalue weighted by Crippen LogP contribution is 2.17. The van der Waals surface area contributed by atoms with E-state index in [1.165, 1.54) is 5.01 Å². The average molecular weight is 284 g/mol. The van der Waals surface area contributed by atoms with E-state index in [1.807, 2.05) is 51.1 Å². The second-order valence-corrected chi connectivity index (χ2v) is 5.81. The first-order valence-electron chi connectivity index (χ1n) is 6.84. The largest absolute Gasteiger partial charge is 0.493 e. The molecule has 1 aromatic rings. The first-order chi connectivity index (χ1) is 9.89. The van der Waals surface area contributed by atoms with Gasteiger partial charge in [0, 0.05) is 11.1 Å². The van der Waals surface area contributed by atoms with Gasteiger partial charge in [0.05, 0.1) is 5.54 Å². The third kappa shape index (κ3) is 3.54. The van der Waals surface area contributed by atoms with Crippen molar-refractivity contribution in [3.63, 3.8) is 0 Å². The van der Waals surface area contributed by atoms with Crippen molar-refractivity contribution in [2.45, 2.75) is 26.3 Å². The Balaban J connectivity index is 2.28. The van der Waals surface area contributed by atoms with Crippen LogP contribution in [-0.2, 0) is 0 Å². The molecule has 1 aliphatic carbocycles. The van der Waals surface area contributed by atoms with Crippen molar-refractivity contribution in [3.05, 3.63) is 71.7 Å². The van der Waals surface area contributed by atoms with Crippen LogP contribution < -0.4 is 5.43 Å². The van der Waals surface area contributed by atoms with Crippen molar-refractivity contribution in [1.29, 1.82) is 0 Å². The standard InChI is InChI=1S/C17H20N2O2/c1-17(2,3)19(16(21)14-11-5-4-6-12-14)18-15(20)13-9-7-8-10-13/h4-12,18,20H,1-3H3. The van der Waals surface area contributed by atoms with Gasteiger partial charge in [-0.2, -0.15) is 0 Å². The molecular formula is C17H20N2O2. The number of allylic oxidation sites excluding steroid dienone is 5. The Morgan fingerprint density at radius 3 is 2.19 bits per heavy atom. The molecule has 0 heterocycles. The van der Waals surface area contributed by atoms with Crippen molar-refractivity contribution in [1.82, 2.24) is 10.4 Å². The molecule has 0 saturated heterocycles. The number of carbonyl (C=O) groups is 1. The third-order valence-corrected chi connectivity index (χ3v) is 3.05. The molecule has 0 bridgehead atoms. The van der Waals surface area contributed by atoms with E-state index in [-0.39, 0.29) is 11.8 Å². The Morgan fingerprint density at radius 1 is 1.10 bits per heavy atom. The van der Waals surface area contributed by atoms with Crippen LogP contribution in [0.5, 0.6) is 0 Å². The van der Waals surface area contributed by atoms with E-state index in [0.717, 1.165) is 0 Å². The fourth-order valence-electron chi connectivity index (χ4n) is 1.94. The Kier molecular flexibility index (Phi) is 4.17. The molecule has 2 rings (SSSR count). The van der Waals surface area contributed by atoms with Crippen molar-refractivity contribution >= 4 is 5.91 Å². The van der Waals surface area contributed by atoms with Gasteiger partial charge in [-0.1, -0.05) is 30.4 Å². The Hall–Kier alpha value is -2.49. The first-order valence-corrected chi connectivity index (χ1v) is 6.84. The topological polar surface area (TPSA) is 52.6 Å². The second-order valence-electron chi connectivity index (χ2n) is 5.81. The SMILES string of the molecule is CC(C)(C)N(NC(O)=C1C=CC=C1)C(=O)c1ccccc1. The summed E-state index contributed by atoms with van der Waals surface area (Å²) in [5.74, 6) is -0.236. The van der Waals surface area contributed by atoms with Crippen LogP contribution >= 0.6 is 0 Å². The minimum atomic E-state index is -0.493. The number of amides is 1. The van der Waals surface area contributed by atoms with E-state index in [0.29, 0.717) is 11.1 Å². The number of benzene rings is 1. The fourth-order valence-corrected chi connectivity index (χ4v) is 1.94. The number of aliphatic hydroxyl groups is 1.